The standard InChI is InChI=1S/C13H20N2O2/c1-10(8-12-6-4-3-5-7-12)9-14-15-11(2)13(16)17/h3-4,8,12,14H,5-7,9H2,1-2H3,(H,16,17)/b10-8+,15-11-. The molecule has 0 aromatic carbocycles. The molecule has 4 nitrogen and oxygen atoms in total. The van der Waals surface area contributed by atoms with Crippen molar-refractivity contribution in [3.63, 3.8) is 0 Å². The average molecular weight is 236 g/mol. The fourth-order valence-electron chi connectivity index (χ4n) is 1.76. The molecule has 0 aromatic rings. The molecule has 0 radical (unpaired) electrons. The molecule has 0 heterocycles. The van der Waals surface area contributed by atoms with Crippen LogP contribution in [0.3, 0.4) is 0 Å². The summed E-state index contributed by atoms with van der Waals surface area (Å²) < 4.78 is 0. The summed E-state index contributed by atoms with van der Waals surface area (Å²) in [4.78, 5) is 10.5. The molecule has 0 aliphatic heterocycles. The molecule has 1 rings (SSSR count). The zero-order valence-corrected chi connectivity index (χ0v) is 10.4. The van der Waals surface area contributed by atoms with Gasteiger partial charge in [0, 0.05) is 0 Å². The Morgan fingerprint density at radius 2 is 2.29 bits per heavy atom. The van der Waals surface area contributed by atoms with Gasteiger partial charge in [-0.1, -0.05) is 23.8 Å². The summed E-state index contributed by atoms with van der Waals surface area (Å²) in [6.45, 7) is 4.11. The van der Waals surface area contributed by atoms with Gasteiger partial charge in [0.25, 0.3) is 0 Å². The molecule has 2 N–H and O–H groups in total. The number of hydrogen-bond acceptors (Lipinski definition) is 3. The highest BCUT2D eigenvalue weighted by Gasteiger charge is 2.06. The lowest BCUT2D eigenvalue weighted by Crippen LogP contribution is -2.17. The third-order valence-corrected chi connectivity index (χ3v) is 2.74. The lowest BCUT2D eigenvalue weighted by Gasteiger charge is -2.14. The van der Waals surface area contributed by atoms with Gasteiger partial charge in [-0.3, -0.25) is 0 Å². The monoisotopic (exact) mass is 236 g/mol. The molecule has 0 amide bonds. The zero-order chi connectivity index (χ0) is 12.7. The van der Waals surface area contributed by atoms with Gasteiger partial charge in [-0.25, -0.2) is 4.79 Å². The van der Waals surface area contributed by atoms with Crippen LogP contribution in [0, 0.1) is 5.92 Å². The van der Waals surface area contributed by atoms with Gasteiger partial charge in [0.15, 0.2) is 0 Å². The molecule has 17 heavy (non-hydrogen) atoms. The molecule has 0 bridgehead atoms. The molecule has 94 valence electrons. The van der Waals surface area contributed by atoms with Gasteiger partial charge >= 0.3 is 5.97 Å². The van der Waals surface area contributed by atoms with E-state index in [4.69, 9.17) is 5.11 Å². The van der Waals surface area contributed by atoms with E-state index in [1.807, 2.05) is 6.92 Å². The Morgan fingerprint density at radius 3 is 2.88 bits per heavy atom. The van der Waals surface area contributed by atoms with Crippen molar-refractivity contribution >= 4 is 11.7 Å². The van der Waals surface area contributed by atoms with Crippen molar-refractivity contribution in [2.75, 3.05) is 6.54 Å². The van der Waals surface area contributed by atoms with Crippen molar-refractivity contribution in [3.05, 3.63) is 23.8 Å². The summed E-state index contributed by atoms with van der Waals surface area (Å²) in [6, 6.07) is 0. The first-order valence-corrected chi connectivity index (χ1v) is 5.92. The van der Waals surface area contributed by atoms with Crippen molar-refractivity contribution < 1.29 is 9.90 Å². The Kier molecular flexibility index (Phi) is 5.46. The van der Waals surface area contributed by atoms with E-state index in [9.17, 15) is 4.79 Å². The molecule has 0 aromatic heterocycles. The van der Waals surface area contributed by atoms with Gasteiger partial charge < -0.3 is 10.5 Å². The van der Waals surface area contributed by atoms with Crippen LogP contribution in [0.1, 0.15) is 33.1 Å². The molecule has 0 spiro atoms. The predicted octanol–water partition coefficient (Wildman–Crippen LogP) is 2.34. The molecule has 0 saturated carbocycles. The number of hydrazone groups is 1. The lowest BCUT2D eigenvalue weighted by atomic mass is 9.93. The van der Waals surface area contributed by atoms with Crippen LogP contribution in [-0.4, -0.2) is 23.3 Å². The van der Waals surface area contributed by atoms with E-state index in [1.54, 1.807) is 0 Å². The molecular weight excluding hydrogens is 216 g/mol. The van der Waals surface area contributed by atoms with Crippen LogP contribution in [0.5, 0.6) is 0 Å². The van der Waals surface area contributed by atoms with Crippen LogP contribution < -0.4 is 5.43 Å². The maximum Gasteiger partial charge on any atom is 0.351 e. The number of nitrogens with zero attached hydrogens (tertiary/aromatic N) is 1. The number of hydrogen-bond donors (Lipinski definition) is 2. The molecule has 1 unspecified atom stereocenters. The highest BCUT2D eigenvalue weighted by molar-refractivity contribution is 6.34. The fraction of sp³-hybridized carbons (Fsp3) is 0.538. The third kappa shape index (κ3) is 5.33. The van der Waals surface area contributed by atoms with E-state index in [1.165, 1.54) is 18.9 Å². The molecule has 0 fully saturated rings. The van der Waals surface area contributed by atoms with E-state index in [2.05, 4.69) is 28.8 Å². The lowest BCUT2D eigenvalue weighted by molar-refractivity contribution is -0.129. The third-order valence-electron chi connectivity index (χ3n) is 2.74. The minimum absolute atomic E-state index is 0.0819. The van der Waals surface area contributed by atoms with Crippen LogP contribution in [0.2, 0.25) is 0 Å². The Morgan fingerprint density at radius 1 is 1.53 bits per heavy atom. The van der Waals surface area contributed by atoms with E-state index in [-0.39, 0.29) is 5.71 Å². The normalized spacial score (nSPS) is 21.4. The van der Waals surface area contributed by atoms with E-state index < -0.39 is 5.97 Å². The van der Waals surface area contributed by atoms with Gasteiger partial charge in [0.2, 0.25) is 0 Å². The smallest absolute Gasteiger partial charge is 0.351 e. The number of nitrogens with one attached hydrogen (secondary N) is 1. The number of aliphatic carboxylic acids is 1. The number of rotatable bonds is 5. The summed E-state index contributed by atoms with van der Waals surface area (Å²) in [5.41, 5.74) is 4.06. The predicted molar refractivity (Wildman–Crippen MR) is 69.0 cm³/mol. The van der Waals surface area contributed by atoms with Crippen molar-refractivity contribution in [2.45, 2.75) is 33.1 Å². The Balaban J connectivity index is 2.36. The van der Waals surface area contributed by atoms with Crippen molar-refractivity contribution in [1.29, 1.82) is 0 Å². The average Bonchev–Trinajstić information content (AvgIpc) is 2.30. The number of carbonyl (C=O) groups is 1. The maximum absolute atomic E-state index is 10.5. The summed E-state index contributed by atoms with van der Waals surface area (Å²) in [5, 5.41) is 12.4. The summed E-state index contributed by atoms with van der Waals surface area (Å²) in [6.07, 6.45) is 10.1. The molecule has 1 atom stereocenters. The second-order valence-corrected chi connectivity index (χ2v) is 4.39. The summed E-state index contributed by atoms with van der Waals surface area (Å²) in [5.74, 6) is -0.372. The van der Waals surface area contributed by atoms with E-state index in [0.29, 0.717) is 12.5 Å². The van der Waals surface area contributed by atoms with Gasteiger partial charge in [0.05, 0.1) is 6.54 Å². The molecule has 1 aliphatic rings. The number of carboxylic acids is 1. The molecular formula is C13H20N2O2. The first-order valence-electron chi connectivity index (χ1n) is 5.92. The van der Waals surface area contributed by atoms with Gasteiger partial charge in [-0.15, -0.1) is 0 Å². The van der Waals surface area contributed by atoms with Gasteiger partial charge in [-0.05, 0) is 39.0 Å². The summed E-state index contributed by atoms with van der Waals surface area (Å²) in [7, 11) is 0. The highest BCUT2D eigenvalue weighted by atomic mass is 16.4. The Bertz CT molecular complexity index is 356. The van der Waals surface area contributed by atoms with E-state index in [0.717, 1.165) is 12.8 Å². The van der Waals surface area contributed by atoms with Crippen molar-refractivity contribution in [1.82, 2.24) is 5.43 Å². The van der Waals surface area contributed by atoms with Crippen LogP contribution in [-0.2, 0) is 4.79 Å². The quantitative estimate of drug-likeness (QED) is 0.437. The zero-order valence-electron chi connectivity index (χ0n) is 10.4. The second-order valence-electron chi connectivity index (χ2n) is 4.39. The van der Waals surface area contributed by atoms with Crippen molar-refractivity contribution in [2.24, 2.45) is 11.0 Å². The largest absolute Gasteiger partial charge is 0.477 e. The highest BCUT2D eigenvalue weighted by Crippen LogP contribution is 2.20. The van der Waals surface area contributed by atoms with E-state index >= 15 is 0 Å². The minimum Gasteiger partial charge on any atom is -0.477 e. The molecule has 1 aliphatic carbocycles. The van der Waals surface area contributed by atoms with Crippen LogP contribution in [0.15, 0.2) is 28.9 Å². The Hall–Kier alpha value is -1.58. The SMILES string of the molecule is C/C(=N/NC/C(C)=C/C1CC=CCC1)C(=O)O. The summed E-state index contributed by atoms with van der Waals surface area (Å²) >= 11 is 0. The van der Waals surface area contributed by atoms with Gasteiger partial charge in [0.1, 0.15) is 5.71 Å². The number of carboxylic acid groups (broad SMARTS) is 1. The van der Waals surface area contributed by atoms with Crippen LogP contribution in [0.25, 0.3) is 0 Å². The van der Waals surface area contributed by atoms with Crippen LogP contribution in [0.4, 0.5) is 0 Å². The maximum atomic E-state index is 10.5. The minimum atomic E-state index is -0.989. The molecule has 0 saturated heterocycles. The first kappa shape index (κ1) is 13.5. The first-order chi connectivity index (χ1) is 8.09. The number of allylic oxidation sites excluding steroid dienone is 3. The molecule has 4 heteroatoms. The Labute approximate surface area is 102 Å². The van der Waals surface area contributed by atoms with Crippen molar-refractivity contribution in [3.8, 4) is 0 Å². The fourth-order valence-corrected chi connectivity index (χ4v) is 1.76. The topological polar surface area (TPSA) is 61.7 Å². The second kappa shape index (κ2) is 6.89. The van der Waals surface area contributed by atoms with Crippen LogP contribution >= 0.6 is 0 Å². The van der Waals surface area contributed by atoms with Gasteiger partial charge in [-0.2, -0.15) is 5.10 Å².